The Balaban J connectivity index is 2.69. The summed E-state index contributed by atoms with van der Waals surface area (Å²) in [6.07, 6.45) is 0.448. The number of hydrogen-bond acceptors (Lipinski definition) is 5. The first-order valence-corrected chi connectivity index (χ1v) is 8.75. The summed E-state index contributed by atoms with van der Waals surface area (Å²) in [5.74, 6) is -0.288. The summed E-state index contributed by atoms with van der Waals surface area (Å²) in [6, 6.07) is 9.26. The fraction of sp³-hybridized carbons (Fsp3) is 0.533. The molecule has 22 heavy (non-hydrogen) atoms. The minimum atomic E-state index is -3.54. The van der Waals surface area contributed by atoms with Crippen LogP contribution in [0.4, 0.5) is 4.79 Å². The standard InChI is InChI=1S/C15H23NO5S/c1-15(2,3)21-14(17)16-10-13(11-20-22(4,18)19)12-8-6-5-7-9-12/h5-9,13H,10-11H2,1-4H3,(H,16,17)/t13-/m1/s1. The summed E-state index contributed by atoms with van der Waals surface area (Å²) < 4.78 is 32.3. The van der Waals surface area contributed by atoms with Crippen molar-refractivity contribution in [1.29, 1.82) is 0 Å². The average molecular weight is 329 g/mol. The van der Waals surface area contributed by atoms with Crippen LogP contribution in [-0.2, 0) is 19.0 Å². The molecule has 0 fully saturated rings. The molecule has 0 saturated carbocycles. The van der Waals surface area contributed by atoms with Crippen LogP contribution in [0.15, 0.2) is 30.3 Å². The third-order valence-electron chi connectivity index (χ3n) is 2.65. The van der Waals surface area contributed by atoms with Crippen LogP contribution in [-0.4, -0.2) is 39.5 Å². The molecule has 0 spiro atoms. The summed E-state index contributed by atoms with van der Waals surface area (Å²) in [7, 11) is -3.54. The maximum atomic E-state index is 11.7. The normalized spacial score (nSPS) is 13.5. The van der Waals surface area contributed by atoms with E-state index in [1.165, 1.54) is 0 Å². The molecule has 0 aliphatic rings. The molecule has 0 aromatic heterocycles. The van der Waals surface area contributed by atoms with Crippen LogP contribution in [0.5, 0.6) is 0 Å². The first kappa shape index (κ1) is 18.4. The Kier molecular flexibility index (Phi) is 6.37. The number of amides is 1. The van der Waals surface area contributed by atoms with Crippen molar-refractivity contribution in [3.63, 3.8) is 0 Å². The highest BCUT2D eigenvalue weighted by molar-refractivity contribution is 7.85. The Morgan fingerprint density at radius 2 is 1.82 bits per heavy atom. The SMILES string of the molecule is CC(C)(C)OC(=O)NC[C@H](COS(C)(=O)=O)c1ccccc1. The lowest BCUT2D eigenvalue weighted by Gasteiger charge is -2.22. The third-order valence-corrected chi connectivity index (χ3v) is 3.21. The molecule has 7 heteroatoms. The lowest BCUT2D eigenvalue weighted by Crippen LogP contribution is -2.35. The van der Waals surface area contributed by atoms with Crippen LogP contribution in [0, 0.1) is 0 Å². The van der Waals surface area contributed by atoms with E-state index < -0.39 is 21.8 Å². The third kappa shape index (κ3) is 7.99. The molecule has 0 bridgehead atoms. The van der Waals surface area contributed by atoms with Crippen molar-refractivity contribution in [3.8, 4) is 0 Å². The number of carbonyl (C=O) groups is 1. The predicted octanol–water partition coefficient (Wildman–Crippen LogP) is 2.27. The van der Waals surface area contributed by atoms with E-state index >= 15 is 0 Å². The zero-order valence-electron chi connectivity index (χ0n) is 13.3. The molecule has 0 unspecified atom stereocenters. The lowest BCUT2D eigenvalue weighted by molar-refractivity contribution is 0.0522. The summed E-state index contributed by atoms with van der Waals surface area (Å²) in [6.45, 7) is 5.49. The minimum absolute atomic E-state index is 0.0430. The smallest absolute Gasteiger partial charge is 0.407 e. The summed E-state index contributed by atoms with van der Waals surface area (Å²) in [5, 5.41) is 2.64. The highest BCUT2D eigenvalue weighted by Gasteiger charge is 2.19. The summed E-state index contributed by atoms with van der Waals surface area (Å²) >= 11 is 0. The van der Waals surface area contributed by atoms with Crippen molar-refractivity contribution < 1.29 is 22.1 Å². The van der Waals surface area contributed by atoms with Crippen molar-refractivity contribution >= 4 is 16.2 Å². The van der Waals surface area contributed by atoms with Crippen LogP contribution in [0.3, 0.4) is 0 Å². The van der Waals surface area contributed by atoms with Gasteiger partial charge in [0.05, 0.1) is 12.9 Å². The molecular weight excluding hydrogens is 306 g/mol. The molecule has 1 amide bonds. The van der Waals surface area contributed by atoms with Crippen LogP contribution >= 0.6 is 0 Å². The van der Waals surface area contributed by atoms with Crippen LogP contribution in [0.25, 0.3) is 0 Å². The first-order chi connectivity index (χ1) is 10.1. The molecule has 1 aromatic carbocycles. The Morgan fingerprint density at radius 1 is 1.23 bits per heavy atom. The van der Waals surface area contributed by atoms with Gasteiger partial charge in [0.25, 0.3) is 10.1 Å². The second-order valence-corrected chi connectivity index (χ2v) is 7.62. The van der Waals surface area contributed by atoms with Crippen molar-refractivity contribution in [2.24, 2.45) is 0 Å². The van der Waals surface area contributed by atoms with Gasteiger partial charge in [-0.1, -0.05) is 30.3 Å². The van der Waals surface area contributed by atoms with Gasteiger partial charge in [0.15, 0.2) is 0 Å². The highest BCUT2D eigenvalue weighted by Crippen LogP contribution is 2.16. The van der Waals surface area contributed by atoms with Gasteiger partial charge in [-0.25, -0.2) is 4.79 Å². The van der Waals surface area contributed by atoms with Crippen LogP contribution < -0.4 is 5.32 Å². The quantitative estimate of drug-likeness (QED) is 0.810. The lowest BCUT2D eigenvalue weighted by atomic mass is 10.0. The summed E-state index contributed by atoms with van der Waals surface area (Å²) in [4.78, 5) is 11.7. The van der Waals surface area contributed by atoms with Crippen molar-refractivity contribution in [1.82, 2.24) is 5.32 Å². The van der Waals surface area contributed by atoms with Crippen molar-refractivity contribution in [2.45, 2.75) is 32.3 Å². The molecule has 0 heterocycles. The molecule has 124 valence electrons. The molecule has 1 aromatic rings. The number of hydrogen-bond donors (Lipinski definition) is 1. The zero-order chi connectivity index (χ0) is 16.8. The largest absolute Gasteiger partial charge is 0.444 e. The van der Waals surface area contributed by atoms with E-state index in [9.17, 15) is 13.2 Å². The van der Waals surface area contributed by atoms with E-state index in [4.69, 9.17) is 8.92 Å². The first-order valence-electron chi connectivity index (χ1n) is 6.93. The molecule has 6 nitrogen and oxygen atoms in total. The van der Waals surface area contributed by atoms with Gasteiger partial charge in [0.2, 0.25) is 0 Å². The fourth-order valence-electron chi connectivity index (χ4n) is 1.72. The van der Waals surface area contributed by atoms with E-state index in [2.05, 4.69) is 5.32 Å². The van der Waals surface area contributed by atoms with Gasteiger partial charge in [-0.05, 0) is 26.3 Å². The monoisotopic (exact) mass is 329 g/mol. The fourth-order valence-corrected chi connectivity index (χ4v) is 2.14. The molecule has 0 saturated heterocycles. The number of nitrogens with one attached hydrogen (secondary N) is 1. The molecule has 0 aliphatic carbocycles. The maximum absolute atomic E-state index is 11.7. The molecule has 0 aliphatic heterocycles. The van der Waals surface area contributed by atoms with Gasteiger partial charge < -0.3 is 10.1 Å². The maximum Gasteiger partial charge on any atom is 0.407 e. The average Bonchev–Trinajstić information content (AvgIpc) is 2.36. The molecular formula is C15H23NO5S. The van der Waals surface area contributed by atoms with E-state index in [0.717, 1.165) is 11.8 Å². The summed E-state index contributed by atoms with van der Waals surface area (Å²) in [5.41, 5.74) is 0.289. The number of benzene rings is 1. The van der Waals surface area contributed by atoms with Crippen LogP contribution in [0.2, 0.25) is 0 Å². The van der Waals surface area contributed by atoms with Gasteiger partial charge in [0, 0.05) is 12.5 Å². The van der Waals surface area contributed by atoms with E-state index in [1.54, 1.807) is 20.8 Å². The Hall–Kier alpha value is -1.60. The van der Waals surface area contributed by atoms with Gasteiger partial charge >= 0.3 is 6.09 Å². The van der Waals surface area contributed by atoms with Crippen molar-refractivity contribution in [3.05, 3.63) is 35.9 Å². The number of carbonyl (C=O) groups excluding carboxylic acids is 1. The van der Waals surface area contributed by atoms with E-state index in [1.807, 2.05) is 30.3 Å². The van der Waals surface area contributed by atoms with Crippen molar-refractivity contribution in [2.75, 3.05) is 19.4 Å². The zero-order valence-corrected chi connectivity index (χ0v) is 14.1. The van der Waals surface area contributed by atoms with Gasteiger partial charge in [0.1, 0.15) is 5.60 Å². The predicted molar refractivity (Wildman–Crippen MR) is 84.2 cm³/mol. The Morgan fingerprint density at radius 3 is 2.32 bits per heavy atom. The minimum Gasteiger partial charge on any atom is -0.444 e. The molecule has 1 rings (SSSR count). The highest BCUT2D eigenvalue weighted by atomic mass is 32.2. The topological polar surface area (TPSA) is 81.7 Å². The number of alkyl carbamates (subject to hydrolysis) is 1. The van der Waals surface area contributed by atoms with Gasteiger partial charge in [-0.2, -0.15) is 8.42 Å². The molecule has 0 radical (unpaired) electrons. The van der Waals surface area contributed by atoms with Crippen LogP contribution in [0.1, 0.15) is 32.3 Å². The Bertz CT molecular complexity index is 578. The Labute approximate surface area is 131 Å². The second-order valence-electron chi connectivity index (χ2n) is 5.98. The van der Waals surface area contributed by atoms with E-state index in [0.29, 0.717) is 0 Å². The second kappa shape index (κ2) is 7.60. The van der Waals surface area contributed by atoms with Gasteiger partial charge in [-0.3, -0.25) is 4.18 Å². The number of ether oxygens (including phenoxy) is 1. The van der Waals surface area contributed by atoms with Gasteiger partial charge in [-0.15, -0.1) is 0 Å². The number of rotatable bonds is 6. The molecule has 1 N–H and O–H groups in total. The van der Waals surface area contributed by atoms with E-state index in [-0.39, 0.29) is 19.1 Å². The molecule has 1 atom stereocenters.